The number of amides is 1. The molecule has 1 amide bonds. The first kappa shape index (κ1) is 34.3. The lowest BCUT2D eigenvalue weighted by atomic mass is 9.86. The Labute approximate surface area is 231 Å². The second-order valence-electron chi connectivity index (χ2n) is 9.02. The van der Waals surface area contributed by atoms with Crippen LogP contribution in [0.1, 0.15) is 51.5 Å². The Morgan fingerprint density at radius 3 is 2.05 bits per heavy atom. The number of carbonyl (C=O) groups is 3. The molecular weight excluding hydrogens is 510 g/mol. The van der Waals surface area contributed by atoms with Gasteiger partial charge in [-0.1, -0.05) is 50.6 Å². The van der Waals surface area contributed by atoms with Crippen molar-refractivity contribution in [2.24, 2.45) is 5.92 Å². The van der Waals surface area contributed by atoms with Crippen LogP contribution in [0.3, 0.4) is 0 Å². The van der Waals surface area contributed by atoms with Crippen molar-refractivity contribution in [1.82, 2.24) is 4.90 Å². The van der Waals surface area contributed by atoms with Gasteiger partial charge in [-0.3, -0.25) is 9.69 Å². The Morgan fingerprint density at radius 2 is 1.44 bits per heavy atom. The maximum absolute atomic E-state index is 12.4. The van der Waals surface area contributed by atoms with Gasteiger partial charge in [-0.2, -0.15) is 0 Å². The third-order valence-corrected chi connectivity index (χ3v) is 6.51. The van der Waals surface area contributed by atoms with Crippen molar-refractivity contribution in [3.8, 4) is 0 Å². The molecule has 4 unspecified atom stereocenters. The van der Waals surface area contributed by atoms with Gasteiger partial charge < -0.3 is 33.9 Å². The number of nitrogens with zero attached hydrogens (tertiary/aromatic N) is 1. The van der Waals surface area contributed by atoms with Gasteiger partial charge in [0.25, 0.3) is 0 Å². The predicted octanol–water partition coefficient (Wildman–Crippen LogP) is 2.70. The number of carbonyl (C=O) groups excluding carboxylic acids is 3. The molecule has 1 saturated carbocycles. The molecule has 11 heteroatoms. The van der Waals surface area contributed by atoms with E-state index in [-0.39, 0.29) is 51.8 Å². The molecule has 39 heavy (non-hydrogen) atoms. The summed E-state index contributed by atoms with van der Waals surface area (Å²) >= 11 is 0. The van der Waals surface area contributed by atoms with Crippen LogP contribution >= 0.6 is 0 Å². The smallest absolute Gasteiger partial charge is 0.410 e. The van der Waals surface area contributed by atoms with E-state index in [4.69, 9.17) is 33.9 Å². The van der Waals surface area contributed by atoms with E-state index in [0.717, 1.165) is 31.2 Å². The molecule has 0 radical (unpaired) electrons. The van der Waals surface area contributed by atoms with Crippen molar-refractivity contribution in [3.05, 3.63) is 35.9 Å². The van der Waals surface area contributed by atoms with Crippen LogP contribution in [0.15, 0.2) is 30.3 Å². The number of aliphatic hydroxyl groups excluding tert-OH is 2. The number of hydrogen-bond acceptors (Lipinski definition) is 10. The maximum atomic E-state index is 12.4. The largest absolute Gasteiger partial charge is 0.469 e. The molecule has 11 nitrogen and oxygen atoms in total. The van der Waals surface area contributed by atoms with Gasteiger partial charge in [-0.25, -0.2) is 9.59 Å². The third-order valence-electron chi connectivity index (χ3n) is 6.51. The van der Waals surface area contributed by atoms with Crippen molar-refractivity contribution >= 4 is 18.0 Å². The summed E-state index contributed by atoms with van der Waals surface area (Å²) in [6.45, 7) is 0.787. The van der Waals surface area contributed by atoms with Crippen LogP contribution in [-0.2, 0) is 39.9 Å². The summed E-state index contributed by atoms with van der Waals surface area (Å²) < 4.78 is 25.8. The molecule has 2 aliphatic rings. The molecule has 1 heterocycles. The van der Waals surface area contributed by atoms with Gasteiger partial charge in [0.15, 0.2) is 6.04 Å². The molecule has 1 saturated heterocycles. The molecule has 0 bridgehead atoms. The number of benzene rings is 1. The minimum Gasteiger partial charge on any atom is -0.469 e. The standard InChI is InChI=1S/C17H23NO6.C10H18O4.CH4/c1-22-16(20)15-14(23-11-10-19)8-5-9-18(15)17(21)24-12-13-6-3-2-4-7-13;1-13-10(12)8-4-2-3-5-9(8)14-7-6-11;/h2-4,6-7,14-15,19H,5,8-12H2,1H3;8-9,11H,2-7H2,1H3;1H4. The van der Waals surface area contributed by atoms with Crippen LogP contribution in [0.4, 0.5) is 4.79 Å². The van der Waals surface area contributed by atoms with Crippen LogP contribution in [0, 0.1) is 5.92 Å². The zero-order valence-electron chi connectivity index (χ0n) is 22.3. The number of ether oxygens (including phenoxy) is 5. The van der Waals surface area contributed by atoms with E-state index in [1.54, 1.807) is 0 Å². The molecule has 1 aromatic carbocycles. The van der Waals surface area contributed by atoms with Crippen LogP contribution in [0.2, 0.25) is 0 Å². The Kier molecular flexibility index (Phi) is 17.0. The van der Waals surface area contributed by atoms with Crippen LogP contribution < -0.4 is 0 Å². The molecule has 1 aromatic rings. The Morgan fingerprint density at radius 1 is 0.846 bits per heavy atom. The SMILES string of the molecule is C.COC(=O)C1C(OCCO)CCCN1C(=O)OCc1ccccc1.COC(=O)C1CCCCC1OCCO. The first-order chi connectivity index (χ1) is 18.5. The average Bonchev–Trinajstić information content (AvgIpc) is 2.97. The molecule has 2 fully saturated rings. The number of esters is 2. The maximum Gasteiger partial charge on any atom is 0.410 e. The highest BCUT2D eigenvalue weighted by Crippen LogP contribution is 2.27. The van der Waals surface area contributed by atoms with E-state index in [0.29, 0.717) is 26.0 Å². The van der Waals surface area contributed by atoms with E-state index in [2.05, 4.69) is 0 Å². The lowest BCUT2D eigenvalue weighted by Crippen LogP contribution is -2.56. The number of piperidine rings is 1. The summed E-state index contributed by atoms with van der Waals surface area (Å²) in [5.41, 5.74) is 0.866. The van der Waals surface area contributed by atoms with Crippen molar-refractivity contribution < 1.29 is 48.3 Å². The van der Waals surface area contributed by atoms with Gasteiger partial charge in [-0.15, -0.1) is 0 Å². The van der Waals surface area contributed by atoms with Crippen molar-refractivity contribution in [2.75, 3.05) is 47.2 Å². The molecule has 1 aliphatic heterocycles. The van der Waals surface area contributed by atoms with E-state index < -0.39 is 24.2 Å². The minimum absolute atomic E-state index is 0. The molecule has 222 valence electrons. The van der Waals surface area contributed by atoms with Gasteiger partial charge in [0, 0.05) is 6.54 Å². The van der Waals surface area contributed by atoms with Crippen molar-refractivity contribution in [3.63, 3.8) is 0 Å². The molecular formula is C28H45NO10. The second-order valence-corrected chi connectivity index (χ2v) is 9.02. The molecule has 3 rings (SSSR count). The van der Waals surface area contributed by atoms with Crippen LogP contribution in [-0.4, -0.2) is 98.6 Å². The number of rotatable bonds is 10. The molecule has 1 aliphatic carbocycles. The summed E-state index contributed by atoms with van der Waals surface area (Å²) in [5, 5.41) is 17.6. The number of likely N-dealkylation sites (tertiary alicyclic amines) is 1. The lowest BCUT2D eigenvalue weighted by Gasteiger charge is -2.38. The fourth-order valence-corrected chi connectivity index (χ4v) is 4.67. The zero-order chi connectivity index (χ0) is 27.8. The topological polar surface area (TPSA) is 141 Å². The normalized spacial score (nSPS) is 22.4. The lowest BCUT2D eigenvalue weighted by molar-refractivity contribution is -0.156. The molecule has 4 atom stereocenters. The third kappa shape index (κ3) is 11.1. The molecule has 0 spiro atoms. The number of aliphatic hydroxyl groups is 2. The predicted molar refractivity (Wildman–Crippen MR) is 143 cm³/mol. The van der Waals surface area contributed by atoms with E-state index in [1.165, 1.54) is 19.1 Å². The molecule has 2 N–H and O–H groups in total. The summed E-state index contributed by atoms with van der Waals surface area (Å²) in [5.74, 6) is -0.873. The summed E-state index contributed by atoms with van der Waals surface area (Å²) in [7, 11) is 2.67. The summed E-state index contributed by atoms with van der Waals surface area (Å²) in [6.07, 6.45) is 4.01. The zero-order valence-corrected chi connectivity index (χ0v) is 22.3. The van der Waals surface area contributed by atoms with Crippen molar-refractivity contribution in [2.45, 2.75) is 70.8 Å². The first-order valence-electron chi connectivity index (χ1n) is 13.0. The first-order valence-corrected chi connectivity index (χ1v) is 13.0. The van der Waals surface area contributed by atoms with Gasteiger partial charge in [0.05, 0.1) is 58.8 Å². The van der Waals surface area contributed by atoms with Gasteiger partial charge >= 0.3 is 18.0 Å². The highest BCUT2D eigenvalue weighted by molar-refractivity contribution is 5.82. The molecule has 0 aromatic heterocycles. The number of methoxy groups -OCH3 is 2. The Hall–Kier alpha value is -2.73. The summed E-state index contributed by atoms with van der Waals surface area (Å²) in [4.78, 5) is 37.3. The van der Waals surface area contributed by atoms with Crippen molar-refractivity contribution in [1.29, 1.82) is 0 Å². The fraction of sp³-hybridized carbons (Fsp3) is 0.679. The fourth-order valence-electron chi connectivity index (χ4n) is 4.67. The van der Waals surface area contributed by atoms with E-state index in [9.17, 15) is 14.4 Å². The highest BCUT2D eigenvalue weighted by atomic mass is 16.6. The van der Waals surface area contributed by atoms with Gasteiger partial charge in [-0.05, 0) is 31.2 Å². The monoisotopic (exact) mass is 555 g/mol. The van der Waals surface area contributed by atoms with Gasteiger partial charge in [0.2, 0.25) is 0 Å². The van der Waals surface area contributed by atoms with Crippen LogP contribution in [0.25, 0.3) is 0 Å². The van der Waals surface area contributed by atoms with Crippen LogP contribution in [0.5, 0.6) is 0 Å². The van der Waals surface area contributed by atoms with Gasteiger partial charge in [0.1, 0.15) is 6.61 Å². The highest BCUT2D eigenvalue weighted by Gasteiger charge is 2.41. The second kappa shape index (κ2) is 19.3. The number of hydrogen-bond donors (Lipinski definition) is 2. The minimum atomic E-state index is -0.862. The Balaban J connectivity index is 0.000000434. The quantitative estimate of drug-likeness (QED) is 0.327. The summed E-state index contributed by atoms with van der Waals surface area (Å²) in [6, 6.07) is 8.45. The Bertz CT molecular complexity index is 837. The average molecular weight is 556 g/mol. The van der Waals surface area contributed by atoms with E-state index in [1.807, 2.05) is 30.3 Å². The van der Waals surface area contributed by atoms with E-state index >= 15 is 0 Å².